The lowest BCUT2D eigenvalue weighted by Crippen LogP contribution is -2.45. The van der Waals surface area contributed by atoms with Crippen molar-refractivity contribution >= 4 is 23.4 Å². The highest BCUT2D eigenvalue weighted by Gasteiger charge is 2.17. The maximum absolute atomic E-state index is 12.1. The van der Waals surface area contributed by atoms with E-state index in [0.717, 1.165) is 5.75 Å². The lowest BCUT2D eigenvalue weighted by Gasteiger charge is -2.15. The van der Waals surface area contributed by atoms with Crippen molar-refractivity contribution in [2.75, 3.05) is 20.3 Å². The van der Waals surface area contributed by atoms with Crippen LogP contribution in [0.15, 0.2) is 48.5 Å². The fraction of sp³-hybridized carbons (Fsp3) is 0.263. The summed E-state index contributed by atoms with van der Waals surface area (Å²) in [5, 5.41) is 5.67. The molecule has 6 nitrogen and oxygen atoms in total. The van der Waals surface area contributed by atoms with Crippen molar-refractivity contribution in [1.29, 1.82) is 0 Å². The Hall–Kier alpha value is -2.73. The number of methoxy groups -OCH3 is 1. The molecular weight excluding hydrogens is 356 g/mol. The molecule has 0 spiro atoms. The highest BCUT2D eigenvalue weighted by Crippen LogP contribution is 2.16. The molecule has 138 valence electrons. The fourth-order valence-electron chi connectivity index (χ4n) is 2.15. The predicted octanol–water partition coefficient (Wildman–Crippen LogP) is 2.66. The molecule has 0 aromatic heterocycles. The normalized spacial score (nSPS) is 11.3. The molecule has 26 heavy (non-hydrogen) atoms. The van der Waals surface area contributed by atoms with Gasteiger partial charge in [-0.25, -0.2) is 0 Å². The molecule has 2 rings (SSSR count). The number of halogens is 1. The van der Waals surface area contributed by atoms with Crippen molar-refractivity contribution in [1.82, 2.24) is 10.6 Å². The van der Waals surface area contributed by atoms with E-state index in [4.69, 9.17) is 21.1 Å². The molecule has 0 unspecified atom stereocenters. The van der Waals surface area contributed by atoms with Gasteiger partial charge in [0, 0.05) is 0 Å². The first-order valence-electron chi connectivity index (χ1n) is 8.11. The zero-order valence-corrected chi connectivity index (χ0v) is 15.4. The van der Waals surface area contributed by atoms with E-state index in [1.54, 1.807) is 62.6 Å². The number of ether oxygens (including phenoxy) is 2. The number of nitrogens with one attached hydrogen (secondary N) is 2. The highest BCUT2D eigenvalue weighted by molar-refractivity contribution is 6.33. The molecule has 0 bridgehead atoms. The molecule has 2 aromatic carbocycles. The predicted molar refractivity (Wildman–Crippen MR) is 99.9 cm³/mol. The van der Waals surface area contributed by atoms with Gasteiger partial charge in [-0.3, -0.25) is 9.59 Å². The molecule has 2 aromatic rings. The molecule has 7 heteroatoms. The molecule has 2 N–H and O–H groups in total. The third-order valence-electron chi connectivity index (χ3n) is 3.59. The van der Waals surface area contributed by atoms with Crippen molar-refractivity contribution in [3.8, 4) is 11.5 Å². The van der Waals surface area contributed by atoms with Crippen LogP contribution in [-0.4, -0.2) is 38.1 Å². The summed E-state index contributed by atoms with van der Waals surface area (Å²) in [7, 11) is 1.59. The Bertz CT molecular complexity index is 749. The summed E-state index contributed by atoms with van der Waals surface area (Å²) in [5.41, 5.74) is 0.330. The topological polar surface area (TPSA) is 76.7 Å². The van der Waals surface area contributed by atoms with Gasteiger partial charge in [-0.05, 0) is 43.3 Å². The molecule has 0 heterocycles. The molecule has 0 radical (unpaired) electrons. The van der Waals surface area contributed by atoms with Crippen LogP contribution in [0.5, 0.6) is 11.5 Å². The summed E-state index contributed by atoms with van der Waals surface area (Å²) >= 11 is 5.98. The molecule has 0 aliphatic rings. The largest absolute Gasteiger partial charge is 0.497 e. The van der Waals surface area contributed by atoms with Gasteiger partial charge in [-0.15, -0.1) is 0 Å². The highest BCUT2D eigenvalue weighted by atomic mass is 35.5. The average Bonchev–Trinajstić information content (AvgIpc) is 2.65. The Balaban J connectivity index is 1.73. The molecule has 0 saturated heterocycles. The number of hydrogen-bond donors (Lipinski definition) is 2. The van der Waals surface area contributed by atoms with Crippen LogP contribution in [0.2, 0.25) is 5.02 Å². The Morgan fingerprint density at radius 1 is 1.08 bits per heavy atom. The molecule has 0 saturated carbocycles. The van der Waals surface area contributed by atoms with Crippen LogP contribution in [0.4, 0.5) is 0 Å². The fourth-order valence-corrected chi connectivity index (χ4v) is 2.38. The summed E-state index contributed by atoms with van der Waals surface area (Å²) in [6, 6.07) is 13.1. The average molecular weight is 377 g/mol. The van der Waals surface area contributed by atoms with E-state index in [9.17, 15) is 9.59 Å². The van der Waals surface area contributed by atoms with Crippen LogP contribution in [0, 0.1) is 0 Å². The quantitative estimate of drug-likeness (QED) is 0.694. The lowest BCUT2D eigenvalue weighted by atomic mass is 10.2. The van der Waals surface area contributed by atoms with Crippen molar-refractivity contribution in [2.45, 2.75) is 13.0 Å². The lowest BCUT2D eigenvalue weighted by molar-refractivity contribution is -0.122. The second-order valence-corrected chi connectivity index (χ2v) is 5.90. The summed E-state index contributed by atoms with van der Waals surface area (Å²) in [6.07, 6.45) is 0. The monoisotopic (exact) mass is 376 g/mol. The van der Waals surface area contributed by atoms with E-state index in [2.05, 4.69) is 10.6 Å². The molecule has 0 aliphatic carbocycles. The number of carbonyl (C=O) groups is 2. The van der Waals surface area contributed by atoms with Gasteiger partial charge >= 0.3 is 0 Å². The van der Waals surface area contributed by atoms with Gasteiger partial charge in [0.1, 0.15) is 24.1 Å². The smallest absolute Gasteiger partial charge is 0.253 e. The Kier molecular flexibility index (Phi) is 7.29. The molecule has 0 aliphatic heterocycles. The van der Waals surface area contributed by atoms with Crippen LogP contribution in [0.3, 0.4) is 0 Å². The number of hydrogen-bond acceptors (Lipinski definition) is 4. The zero-order valence-electron chi connectivity index (χ0n) is 14.6. The minimum absolute atomic E-state index is 0.302. The van der Waals surface area contributed by atoms with Gasteiger partial charge < -0.3 is 20.1 Å². The molecular formula is C19H21ClN2O4. The molecule has 0 fully saturated rings. The van der Waals surface area contributed by atoms with E-state index >= 15 is 0 Å². The van der Waals surface area contributed by atoms with Gasteiger partial charge in [0.05, 0.1) is 24.2 Å². The van der Waals surface area contributed by atoms with Gasteiger partial charge in [0.2, 0.25) is 5.91 Å². The minimum atomic E-state index is -0.695. The third kappa shape index (κ3) is 5.67. The van der Waals surface area contributed by atoms with E-state index in [-0.39, 0.29) is 5.91 Å². The maximum atomic E-state index is 12.1. The second kappa shape index (κ2) is 9.68. The summed E-state index contributed by atoms with van der Waals surface area (Å²) in [6.45, 7) is 2.23. The van der Waals surface area contributed by atoms with Crippen molar-refractivity contribution in [3.63, 3.8) is 0 Å². The summed E-state index contributed by atoms with van der Waals surface area (Å²) in [4.78, 5) is 24.2. The van der Waals surface area contributed by atoms with Crippen LogP contribution < -0.4 is 20.1 Å². The maximum Gasteiger partial charge on any atom is 0.253 e. The summed E-state index contributed by atoms with van der Waals surface area (Å²) < 4.78 is 10.6. The van der Waals surface area contributed by atoms with E-state index < -0.39 is 11.9 Å². The van der Waals surface area contributed by atoms with Crippen molar-refractivity contribution < 1.29 is 19.1 Å². The Morgan fingerprint density at radius 2 is 1.73 bits per heavy atom. The van der Waals surface area contributed by atoms with Crippen molar-refractivity contribution in [3.05, 3.63) is 59.1 Å². The standard InChI is InChI=1S/C19H21ClN2O4/c1-13(22-19(24)16-5-3-4-6-17(16)20)18(23)21-11-12-26-15-9-7-14(25-2)8-10-15/h3-10,13H,11-12H2,1-2H3,(H,21,23)(H,22,24)/t13-/m0/s1. The van der Waals surface area contributed by atoms with Crippen LogP contribution in [0.1, 0.15) is 17.3 Å². The number of benzene rings is 2. The van der Waals surface area contributed by atoms with E-state index in [1.807, 2.05) is 0 Å². The van der Waals surface area contributed by atoms with Crippen molar-refractivity contribution in [2.24, 2.45) is 0 Å². The molecule has 1 atom stereocenters. The van der Waals surface area contributed by atoms with E-state index in [1.165, 1.54) is 0 Å². The summed E-state index contributed by atoms with van der Waals surface area (Å²) in [5.74, 6) is 0.727. The number of carbonyl (C=O) groups excluding carboxylic acids is 2. The SMILES string of the molecule is COc1ccc(OCCNC(=O)[C@H](C)NC(=O)c2ccccc2Cl)cc1. The second-order valence-electron chi connectivity index (χ2n) is 5.49. The Labute approximate surface area is 157 Å². The first-order valence-corrected chi connectivity index (χ1v) is 8.49. The number of amides is 2. The van der Waals surface area contributed by atoms with E-state index in [0.29, 0.717) is 29.5 Å². The van der Waals surface area contributed by atoms with Crippen LogP contribution in [0.25, 0.3) is 0 Å². The van der Waals surface area contributed by atoms with Gasteiger partial charge in [-0.2, -0.15) is 0 Å². The minimum Gasteiger partial charge on any atom is -0.497 e. The number of rotatable bonds is 8. The molecule has 2 amide bonds. The first-order chi connectivity index (χ1) is 12.5. The van der Waals surface area contributed by atoms with Gasteiger partial charge in [0.25, 0.3) is 5.91 Å². The Morgan fingerprint density at radius 3 is 2.38 bits per heavy atom. The van der Waals surface area contributed by atoms with Crippen LogP contribution in [-0.2, 0) is 4.79 Å². The third-order valence-corrected chi connectivity index (χ3v) is 3.92. The zero-order chi connectivity index (χ0) is 18.9. The first kappa shape index (κ1) is 19.6. The van der Waals surface area contributed by atoms with Gasteiger partial charge in [0.15, 0.2) is 0 Å². The van der Waals surface area contributed by atoms with Crippen LogP contribution >= 0.6 is 11.6 Å². The van der Waals surface area contributed by atoms with Gasteiger partial charge in [-0.1, -0.05) is 23.7 Å².